The van der Waals surface area contributed by atoms with E-state index in [9.17, 15) is 9.59 Å². The Kier molecular flexibility index (Phi) is 4.90. The molecule has 1 aromatic carbocycles. The van der Waals surface area contributed by atoms with Crippen LogP contribution in [0, 0.1) is 6.92 Å². The van der Waals surface area contributed by atoms with Crippen molar-refractivity contribution in [1.29, 1.82) is 0 Å². The van der Waals surface area contributed by atoms with Crippen molar-refractivity contribution in [3.63, 3.8) is 0 Å². The van der Waals surface area contributed by atoms with Crippen LogP contribution in [-0.4, -0.2) is 23.5 Å². The summed E-state index contributed by atoms with van der Waals surface area (Å²) in [5, 5.41) is 8.56. The van der Waals surface area contributed by atoms with Gasteiger partial charge >= 0.3 is 5.97 Å². The lowest BCUT2D eigenvalue weighted by molar-refractivity contribution is -0.139. The third-order valence-corrected chi connectivity index (χ3v) is 3.61. The van der Waals surface area contributed by atoms with Crippen molar-refractivity contribution in [2.45, 2.75) is 6.92 Å². The maximum atomic E-state index is 12.1. The van der Waals surface area contributed by atoms with Gasteiger partial charge in [0.25, 0.3) is 0 Å². The molecule has 1 N–H and O–H groups in total. The highest BCUT2D eigenvalue weighted by molar-refractivity contribution is 7.12. The zero-order valence-corrected chi connectivity index (χ0v) is 12.2. The Morgan fingerprint density at radius 1 is 1.29 bits per heavy atom. The minimum Gasteiger partial charge on any atom is -0.482 e. The predicted octanol–water partition coefficient (Wildman–Crippen LogP) is 3.42. The van der Waals surface area contributed by atoms with Crippen LogP contribution in [0.3, 0.4) is 0 Å². The molecule has 0 spiro atoms. The number of carboxylic acid groups (broad SMARTS) is 1. The SMILES string of the molecule is Cc1ccc(/C=C/C(=O)c2cccc(OCC(=O)O)c2)s1. The lowest BCUT2D eigenvalue weighted by Gasteiger charge is -2.04. The van der Waals surface area contributed by atoms with Gasteiger partial charge in [0.15, 0.2) is 12.4 Å². The van der Waals surface area contributed by atoms with Crippen molar-refractivity contribution < 1.29 is 19.4 Å². The summed E-state index contributed by atoms with van der Waals surface area (Å²) in [7, 11) is 0. The molecule has 0 aliphatic heterocycles. The number of allylic oxidation sites excluding steroid dienone is 1. The smallest absolute Gasteiger partial charge is 0.341 e. The minimum atomic E-state index is -1.06. The highest BCUT2D eigenvalue weighted by Gasteiger charge is 2.05. The van der Waals surface area contributed by atoms with E-state index >= 15 is 0 Å². The first-order valence-corrected chi connectivity index (χ1v) is 7.10. The average molecular weight is 302 g/mol. The van der Waals surface area contributed by atoms with E-state index in [1.807, 2.05) is 19.1 Å². The van der Waals surface area contributed by atoms with E-state index in [2.05, 4.69) is 0 Å². The number of thiophene rings is 1. The second-order valence-corrected chi connectivity index (χ2v) is 5.68. The lowest BCUT2D eigenvalue weighted by Crippen LogP contribution is -2.09. The van der Waals surface area contributed by atoms with Crippen LogP contribution in [0.2, 0.25) is 0 Å². The Morgan fingerprint density at radius 3 is 2.76 bits per heavy atom. The molecule has 0 atom stereocenters. The Morgan fingerprint density at radius 2 is 2.10 bits per heavy atom. The quantitative estimate of drug-likeness (QED) is 0.656. The molecule has 2 aromatic rings. The Hall–Kier alpha value is -2.40. The Labute approximate surface area is 126 Å². The van der Waals surface area contributed by atoms with E-state index < -0.39 is 12.6 Å². The van der Waals surface area contributed by atoms with Gasteiger partial charge in [-0.15, -0.1) is 11.3 Å². The highest BCUT2D eigenvalue weighted by atomic mass is 32.1. The number of ether oxygens (including phenoxy) is 1. The van der Waals surface area contributed by atoms with Gasteiger partial charge < -0.3 is 9.84 Å². The maximum absolute atomic E-state index is 12.1. The van der Waals surface area contributed by atoms with Crippen LogP contribution < -0.4 is 4.74 Å². The van der Waals surface area contributed by atoms with Gasteiger partial charge in [0.05, 0.1) is 0 Å². The number of carbonyl (C=O) groups is 2. The molecule has 0 aliphatic rings. The molecule has 0 saturated heterocycles. The van der Waals surface area contributed by atoms with E-state index in [0.717, 1.165) is 4.88 Å². The molecule has 21 heavy (non-hydrogen) atoms. The number of benzene rings is 1. The fraction of sp³-hybridized carbons (Fsp3) is 0.125. The van der Waals surface area contributed by atoms with Crippen molar-refractivity contribution >= 4 is 29.2 Å². The predicted molar refractivity (Wildman–Crippen MR) is 82.0 cm³/mol. The molecular formula is C16H14O4S. The summed E-state index contributed by atoms with van der Waals surface area (Å²) in [6.07, 6.45) is 3.27. The molecule has 1 aromatic heterocycles. The highest BCUT2D eigenvalue weighted by Crippen LogP contribution is 2.18. The van der Waals surface area contributed by atoms with Crippen LogP contribution in [0.4, 0.5) is 0 Å². The molecule has 0 amide bonds. The number of carbonyl (C=O) groups excluding carboxylic acids is 1. The topological polar surface area (TPSA) is 63.6 Å². The summed E-state index contributed by atoms with van der Waals surface area (Å²) < 4.78 is 5.05. The summed E-state index contributed by atoms with van der Waals surface area (Å²) in [4.78, 5) is 24.7. The molecule has 5 heteroatoms. The second kappa shape index (κ2) is 6.85. The van der Waals surface area contributed by atoms with Crippen molar-refractivity contribution in [3.8, 4) is 5.75 Å². The van der Waals surface area contributed by atoms with Crippen LogP contribution in [0.5, 0.6) is 5.75 Å². The van der Waals surface area contributed by atoms with Gasteiger partial charge in [0, 0.05) is 15.3 Å². The Balaban J connectivity index is 2.06. The lowest BCUT2D eigenvalue weighted by atomic mass is 10.1. The van der Waals surface area contributed by atoms with Gasteiger partial charge in [0.1, 0.15) is 5.75 Å². The molecular weight excluding hydrogens is 288 g/mol. The van der Waals surface area contributed by atoms with Gasteiger partial charge in [-0.1, -0.05) is 12.1 Å². The van der Waals surface area contributed by atoms with E-state index in [1.165, 1.54) is 17.0 Å². The van der Waals surface area contributed by atoms with Crippen LogP contribution in [0.1, 0.15) is 20.1 Å². The third-order valence-electron chi connectivity index (χ3n) is 2.64. The summed E-state index contributed by atoms with van der Waals surface area (Å²) >= 11 is 1.61. The summed E-state index contributed by atoms with van der Waals surface area (Å²) in [6, 6.07) is 10.4. The number of carboxylic acids is 1. The Bertz CT molecular complexity index is 685. The molecule has 0 unspecified atom stereocenters. The zero-order chi connectivity index (χ0) is 15.2. The molecule has 2 rings (SSSR count). The summed E-state index contributed by atoms with van der Waals surface area (Å²) in [5.74, 6) is -0.842. The van der Waals surface area contributed by atoms with Crippen molar-refractivity contribution in [3.05, 3.63) is 57.8 Å². The van der Waals surface area contributed by atoms with Crippen molar-refractivity contribution in [2.75, 3.05) is 6.61 Å². The van der Waals surface area contributed by atoms with Gasteiger partial charge in [-0.3, -0.25) is 4.79 Å². The van der Waals surface area contributed by atoms with E-state index in [1.54, 1.807) is 35.6 Å². The molecule has 108 valence electrons. The summed E-state index contributed by atoms with van der Waals surface area (Å²) in [6.45, 7) is 1.58. The second-order valence-electron chi connectivity index (χ2n) is 4.36. The number of aliphatic carboxylic acids is 1. The van der Waals surface area contributed by atoms with Crippen LogP contribution in [0.15, 0.2) is 42.5 Å². The van der Waals surface area contributed by atoms with Crippen LogP contribution in [0.25, 0.3) is 6.08 Å². The minimum absolute atomic E-state index is 0.151. The molecule has 0 saturated carbocycles. The fourth-order valence-electron chi connectivity index (χ4n) is 1.68. The van der Waals surface area contributed by atoms with Gasteiger partial charge in [0.2, 0.25) is 0 Å². The van der Waals surface area contributed by atoms with Gasteiger partial charge in [-0.05, 0) is 43.3 Å². The standard InChI is InChI=1S/C16H14O4S/c1-11-5-6-14(21-11)7-8-15(17)12-3-2-4-13(9-12)20-10-16(18)19/h2-9H,10H2,1H3,(H,18,19)/b8-7+. The van der Waals surface area contributed by atoms with Crippen LogP contribution in [-0.2, 0) is 4.79 Å². The molecule has 0 aliphatic carbocycles. The third kappa shape index (κ3) is 4.57. The number of hydrogen-bond acceptors (Lipinski definition) is 4. The molecule has 0 radical (unpaired) electrons. The number of aryl methyl sites for hydroxylation is 1. The maximum Gasteiger partial charge on any atom is 0.341 e. The van der Waals surface area contributed by atoms with Crippen molar-refractivity contribution in [1.82, 2.24) is 0 Å². The molecule has 0 fully saturated rings. The fourth-order valence-corrected chi connectivity index (χ4v) is 2.46. The van der Waals surface area contributed by atoms with E-state index in [-0.39, 0.29) is 5.78 Å². The number of ketones is 1. The van der Waals surface area contributed by atoms with E-state index in [0.29, 0.717) is 11.3 Å². The first kappa shape index (κ1) is 15.0. The largest absolute Gasteiger partial charge is 0.482 e. The summed E-state index contributed by atoms with van der Waals surface area (Å²) in [5.41, 5.74) is 0.461. The van der Waals surface area contributed by atoms with Crippen LogP contribution >= 0.6 is 11.3 Å². The normalized spacial score (nSPS) is 10.7. The number of hydrogen-bond donors (Lipinski definition) is 1. The van der Waals surface area contributed by atoms with Gasteiger partial charge in [-0.2, -0.15) is 0 Å². The molecule has 0 bridgehead atoms. The zero-order valence-electron chi connectivity index (χ0n) is 11.4. The monoisotopic (exact) mass is 302 g/mol. The average Bonchev–Trinajstić information content (AvgIpc) is 2.88. The van der Waals surface area contributed by atoms with Crippen molar-refractivity contribution in [2.24, 2.45) is 0 Å². The van der Waals surface area contributed by atoms with E-state index in [4.69, 9.17) is 9.84 Å². The first-order valence-electron chi connectivity index (χ1n) is 6.28. The molecule has 4 nitrogen and oxygen atoms in total. The van der Waals surface area contributed by atoms with Gasteiger partial charge in [-0.25, -0.2) is 4.79 Å². The first-order chi connectivity index (χ1) is 10.0. The number of rotatable bonds is 6. The molecule has 1 heterocycles.